The van der Waals surface area contributed by atoms with Crippen molar-refractivity contribution in [3.8, 4) is 5.75 Å². The third kappa shape index (κ3) is 2.09. The van der Waals surface area contributed by atoms with E-state index in [1.54, 1.807) is 25.1 Å². The first-order valence-electron chi connectivity index (χ1n) is 6.67. The molecule has 3 nitrogen and oxygen atoms in total. The average Bonchev–Trinajstić information content (AvgIpc) is 2.73. The van der Waals surface area contributed by atoms with E-state index in [0.717, 1.165) is 19.3 Å². The number of rotatable bonds is 2. The molecule has 1 N–H and O–H groups in total. The predicted octanol–water partition coefficient (Wildman–Crippen LogP) is 3.10. The van der Waals surface area contributed by atoms with Crippen molar-refractivity contribution in [2.75, 3.05) is 0 Å². The predicted molar refractivity (Wildman–Crippen MR) is 71.8 cm³/mol. The first kappa shape index (κ1) is 12.9. The Balaban J connectivity index is 2.33. The van der Waals surface area contributed by atoms with Gasteiger partial charge in [0.1, 0.15) is 5.75 Å². The van der Waals surface area contributed by atoms with Crippen molar-refractivity contribution in [2.45, 2.75) is 52.1 Å². The summed E-state index contributed by atoms with van der Waals surface area (Å²) >= 11 is 0. The van der Waals surface area contributed by atoms with Gasteiger partial charge in [0, 0.05) is 23.2 Å². The lowest BCUT2D eigenvalue weighted by molar-refractivity contribution is 0.0675. The summed E-state index contributed by atoms with van der Waals surface area (Å²) in [6.07, 6.45) is 3.15. The first-order valence-corrected chi connectivity index (χ1v) is 6.67. The molecule has 98 valence electrons. The summed E-state index contributed by atoms with van der Waals surface area (Å²) in [5.41, 5.74) is 1.30. The average molecular weight is 247 g/mol. The Hall–Kier alpha value is -1.51. The van der Waals surface area contributed by atoms with Crippen molar-refractivity contribution in [1.29, 1.82) is 0 Å². The number of hydrogen-bond donors (Lipinski definition) is 1. The molecule has 3 heteroatoms. The molecule has 0 aliphatic carbocycles. The summed E-state index contributed by atoms with van der Waals surface area (Å²) in [5, 5.41) is 9.71. The Morgan fingerprint density at radius 2 is 2.17 bits per heavy atom. The molecule has 2 atom stereocenters. The van der Waals surface area contributed by atoms with Crippen molar-refractivity contribution in [3.63, 3.8) is 0 Å². The Morgan fingerprint density at radius 3 is 2.83 bits per heavy atom. The lowest BCUT2D eigenvalue weighted by Crippen LogP contribution is -2.39. The van der Waals surface area contributed by atoms with Crippen LogP contribution in [0.3, 0.4) is 0 Å². The van der Waals surface area contributed by atoms with Gasteiger partial charge in [-0.2, -0.15) is 0 Å². The van der Waals surface area contributed by atoms with Crippen LogP contribution in [-0.4, -0.2) is 28.0 Å². The van der Waals surface area contributed by atoms with Crippen LogP contribution in [0.15, 0.2) is 18.2 Å². The van der Waals surface area contributed by atoms with Crippen LogP contribution in [0.1, 0.15) is 49.0 Å². The maximum Gasteiger partial charge on any atom is 0.254 e. The van der Waals surface area contributed by atoms with Gasteiger partial charge in [-0.05, 0) is 45.2 Å². The summed E-state index contributed by atoms with van der Waals surface area (Å²) in [4.78, 5) is 14.6. The van der Waals surface area contributed by atoms with E-state index in [2.05, 4.69) is 13.8 Å². The third-order valence-electron chi connectivity index (χ3n) is 4.03. The van der Waals surface area contributed by atoms with Crippen molar-refractivity contribution in [1.82, 2.24) is 4.90 Å². The molecule has 1 aliphatic rings. The molecule has 0 aromatic heterocycles. The smallest absolute Gasteiger partial charge is 0.254 e. The number of carbonyl (C=O) groups excluding carboxylic acids is 1. The number of amides is 1. The lowest BCUT2D eigenvalue weighted by Gasteiger charge is -2.28. The molecule has 0 spiro atoms. The lowest BCUT2D eigenvalue weighted by atomic mass is 10.1. The van der Waals surface area contributed by atoms with E-state index in [9.17, 15) is 9.90 Å². The van der Waals surface area contributed by atoms with E-state index in [4.69, 9.17) is 0 Å². The van der Waals surface area contributed by atoms with Crippen LogP contribution in [0.5, 0.6) is 5.75 Å². The maximum absolute atomic E-state index is 12.6. The molecule has 1 amide bonds. The van der Waals surface area contributed by atoms with Gasteiger partial charge in [0.05, 0.1) is 0 Å². The highest BCUT2D eigenvalue weighted by Crippen LogP contribution is 2.30. The normalized spacial score (nSPS) is 23.4. The Morgan fingerprint density at radius 1 is 1.44 bits per heavy atom. The van der Waals surface area contributed by atoms with Crippen LogP contribution in [0.2, 0.25) is 0 Å². The van der Waals surface area contributed by atoms with Gasteiger partial charge >= 0.3 is 0 Å². The number of likely N-dealkylation sites (tertiary alicyclic amines) is 1. The Kier molecular flexibility index (Phi) is 3.60. The minimum absolute atomic E-state index is 0.0558. The number of carbonyl (C=O) groups is 1. The van der Waals surface area contributed by atoms with E-state index in [0.29, 0.717) is 23.2 Å². The third-order valence-corrected chi connectivity index (χ3v) is 4.03. The van der Waals surface area contributed by atoms with Gasteiger partial charge in [0.2, 0.25) is 0 Å². The van der Waals surface area contributed by atoms with E-state index < -0.39 is 0 Å². The second-order valence-electron chi connectivity index (χ2n) is 5.15. The zero-order valence-electron chi connectivity index (χ0n) is 11.3. The molecule has 0 saturated carbocycles. The second kappa shape index (κ2) is 5.01. The molecule has 1 fully saturated rings. The van der Waals surface area contributed by atoms with E-state index >= 15 is 0 Å². The van der Waals surface area contributed by atoms with Crippen LogP contribution in [0.4, 0.5) is 0 Å². The van der Waals surface area contributed by atoms with Crippen molar-refractivity contribution in [3.05, 3.63) is 29.3 Å². The van der Waals surface area contributed by atoms with Gasteiger partial charge < -0.3 is 10.0 Å². The fourth-order valence-electron chi connectivity index (χ4n) is 2.83. The first-order chi connectivity index (χ1) is 8.56. The fraction of sp³-hybridized carbons (Fsp3) is 0.533. The van der Waals surface area contributed by atoms with E-state index in [1.165, 1.54) is 0 Å². The molecule has 0 bridgehead atoms. The van der Waals surface area contributed by atoms with Crippen molar-refractivity contribution < 1.29 is 9.90 Å². The highest BCUT2D eigenvalue weighted by molar-refractivity contribution is 5.96. The van der Waals surface area contributed by atoms with Crippen LogP contribution in [0, 0.1) is 6.92 Å². The highest BCUT2D eigenvalue weighted by atomic mass is 16.3. The molecule has 1 aromatic carbocycles. The van der Waals surface area contributed by atoms with Gasteiger partial charge in [0.25, 0.3) is 5.91 Å². The van der Waals surface area contributed by atoms with Crippen molar-refractivity contribution >= 4 is 5.91 Å². The number of nitrogens with zero attached hydrogens (tertiary/aromatic N) is 1. The summed E-state index contributed by atoms with van der Waals surface area (Å²) in [6, 6.07) is 5.79. The van der Waals surface area contributed by atoms with Crippen LogP contribution in [0.25, 0.3) is 0 Å². The number of phenolic OH excluding ortho intramolecular Hbond substituents is 1. The zero-order valence-corrected chi connectivity index (χ0v) is 11.3. The van der Waals surface area contributed by atoms with E-state index in [-0.39, 0.29) is 11.7 Å². The molecule has 1 saturated heterocycles. The monoisotopic (exact) mass is 247 g/mol. The second-order valence-corrected chi connectivity index (χ2v) is 5.15. The summed E-state index contributed by atoms with van der Waals surface area (Å²) in [7, 11) is 0. The molecular formula is C15H21NO2. The summed E-state index contributed by atoms with van der Waals surface area (Å²) in [5.74, 6) is 0.251. The Labute approximate surface area is 108 Å². The zero-order chi connectivity index (χ0) is 13.3. The SMILES string of the molecule is CCC1CCC(C)N1C(=O)c1cccc(O)c1C. The minimum atomic E-state index is 0.0558. The molecular weight excluding hydrogens is 226 g/mol. The number of hydrogen-bond acceptors (Lipinski definition) is 2. The summed E-state index contributed by atoms with van der Waals surface area (Å²) < 4.78 is 0. The highest BCUT2D eigenvalue weighted by Gasteiger charge is 2.34. The summed E-state index contributed by atoms with van der Waals surface area (Å²) in [6.45, 7) is 6.02. The van der Waals surface area contributed by atoms with Gasteiger partial charge in [-0.1, -0.05) is 13.0 Å². The van der Waals surface area contributed by atoms with Crippen molar-refractivity contribution in [2.24, 2.45) is 0 Å². The molecule has 1 aromatic rings. The number of benzene rings is 1. The van der Waals surface area contributed by atoms with Crippen LogP contribution in [-0.2, 0) is 0 Å². The largest absolute Gasteiger partial charge is 0.508 e. The number of phenols is 1. The quantitative estimate of drug-likeness (QED) is 0.872. The maximum atomic E-state index is 12.6. The minimum Gasteiger partial charge on any atom is -0.508 e. The van der Waals surface area contributed by atoms with Gasteiger partial charge in [0.15, 0.2) is 0 Å². The topological polar surface area (TPSA) is 40.5 Å². The number of aromatic hydroxyl groups is 1. The fourth-order valence-corrected chi connectivity index (χ4v) is 2.83. The van der Waals surface area contributed by atoms with Gasteiger partial charge in [-0.25, -0.2) is 0 Å². The van der Waals surface area contributed by atoms with Crippen LogP contribution < -0.4 is 0 Å². The molecule has 2 rings (SSSR count). The van der Waals surface area contributed by atoms with Gasteiger partial charge in [-0.15, -0.1) is 0 Å². The van der Waals surface area contributed by atoms with Gasteiger partial charge in [-0.3, -0.25) is 4.79 Å². The Bertz CT molecular complexity index is 456. The molecule has 1 heterocycles. The molecule has 0 radical (unpaired) electrons. The molecule has 1 aliphatic heterocycles. The molecule has 18 heavy (non-hydrogen) atoms. The molecule has 2 unspecified atom stereocenters. The van der Waals surface area contributed by atoms with E-state index in [1.807, 2.05) is 4.90 Å². The standard InChI is InChI=1S/C15H21NO2/c1-4-12-9-8-10(2)16(12)15(18)13-6-5-7-14(17)11(13)3/h5-7,10,12,17H,4,8-9H2,1-3H3. The van der Waals surface area contributed by atoms with Crippen LogP contribution >= 0.6 is 0 Å².